The van der Waals surface area contributed by atoms with Gasteiger partial charge in [-0.05, 0) is 25.0 Å². The van der Waals surface area contributed by atoms with Gasteiger partial charge in [0, 0.05) is 5.38 Å². The van der Waals surface area contributed by atoms with Gasteiger partial charge in [-0.1, -0.05) is 17.8 Å². The average molecular weight is 171 g/mol. The molecule has 0 amide bonds. The molecule has 1 aromatic heterocycles. The van der Waals surface area contributed by atoms with Crippen molar-refractivity contribution < 1.29 is 0 Å². The summed E-state index contributed by atoms with van der Waals surface area (Å²) in [5, 5.41) is 9.22. The minimum Gasteiger partial charge on any atom is -0.312 e. The van der Waals surface area contributed by atoms with Crippen molar-refractivity contribution in [2.45, 2.75) is 25.8 Å². The zero-order valence-corrected chi connectivity index (χ0v) is 7.69. The minimum atomic E-state index is 0.388. The number of aromatic nitrogens is 2. The molecule has 0 saturated carbocycles. The van der Waals surface area contributed by atoms with Gasteiger partial charge in [-0.15, -0.1) is 5.10 Å². The molecule has 62 valence electrons. The lowest BCUT2D eigenvalue weighted by Crippen LogP contribution is -2.16. The summed E-state index contributed by atoms with van der Waals surface area (Å²) in [7, 11) is 1.96. The molecule has 0 bridgehead atoms. The topological polar surface area (TPSA) is 37.8 Å². The monoisotopic (exact) mass is 171 g/mol. The van der Waals surface area contributed by atoms with Gasteiger partial charge in [-0.3, -0.25) is 0 Å². The molecule has 0 radical (unpaired) electrons. The van der Waals surface area contributed by atoms with E-state index in [1.165, 1.54) is 18.0 Å². The highest BCUT2D eigenvalue weighted by molar-refractivity contribution is 7.03. The molecule has 1 unspecified atom stereocenters. The van der Waals surface area contributed by atoms with E-state index in [1.807, 2.05) is 12.4 Å². The summed E-state index contributed by atoms with van der Waals surface area (Å²) < 4.78 is 3.82. The highest BCUT2D eigenvalue weighted by Crippen LogP contribution is 2.15. The fourth-order valence-electron chi connectivity index (χ4n) is 1.05. The first-order valence-electron chi connectivity index (χ1n) is 3.82. The first-order valence-corrected chi connectivity index (χ1v) is 4.66. The Morgan fingerprint density at radius 2 is 2.55 bits per heavy atom. The Balaban J connectivity index is 2.56. The second-order valence-corrected chi connectivity index (χ2v) is 3.07. The van der Waals surface area contributed by atoms with Gasteiger partial charge >= 0.3 is 0 Å². The maximum absolute atomic E-state index is 4.01. The Morgan fingerprint density at radius 1 is 1.73 bits per heavy atom. The average Bonchev–Trinajstić information content (AvgIpc) is 2.52. The van der Waals surface area contributed by atoms with E-state index in [-0.39, 0.29) is 0 Å². The molecule has 11 heavy (non-hydrogen) atoms. The number of rotatable bonds is 4. The zero-order valence-electron chi connectivity index (χ0n) is 6.87. The first kappa shape index (κ1) is 8.62. The highest BCUT2D eigenvalue weighted by Gasteiger charge is 2.09. The molecular formula is C7H13N3S. The van der Waals surface area contributed by atoms with Crippen LogP contribution in [-0.2, 0) is 0 Å². The summed E-state index contributed by atoms with van der Waals surface area (Å²) >= 11 is 1.41. The summed E-state index contributed by atoms with van der Waals surface area (Å²) in [6, 6.07) is 0.388. The van der Waals surface area contributed by atoms with Gasteiger partial charge in [0.05, 0.1) is 11.7 Å². The van der Waals surface area contributed by atoms with E-state index in [1.54, 1.807) is 0 Å². The molecule has 0 saturated heterocycles. The van der Waals surface area contributed by atoms with Crippen LogP contribution in [0.25, 0.3) is 0 Å². The Bertz CT molecular complexity index is 186. The van der Waals surface area contributed by atoms with Gasteiger partial charge in [0.2, 0.25) is 0 Å². The van der Waals surface area contributed by atoms with Crippen molar-refractivity contribution in [2.75, 3.05) is 7.05 Å². The molecule has 1 aromatic rings. The third-order valence-electron chi connectivity index (χ3n) is 1.66. The van der Waals surface area contributed by atoms with Gasteiger partial charge in [0.1, 0.15) is 0 Å². The van der Waals surface area contributed by atoms with Crippen LogP contribution in [0.1, 0.15) is 31.5 Å². The molecule has 0 aromatic carbocycles. The molecule has 1 atom stereocenters. The molecule has 1 N–H and O–H groups in total. The quantitative estimate of drug-likeness (QED) is 0.747. The van der Waals surface area contributed by atoms with E-state index in [2.05, 4.69) is 21.8 Å². The third kappa shape index (κ3) is 2.24. The fourth-order valence-corrected chi connectivity index (χ4v) is 1.56. The molecule has 0 aliphatic heterocycles. The number of nitrogens with one attached hydrogen (secondary N) is 1. The predicted octanol–water partition coefficient (Wildman–Crippen LogP) is 1.60. The summed E-state index contributed by atoms with van der Waals surface area (Å²) in [6.07, 6.45) is 2.30. The van der Waals surface area contributed by atoms with Crippen LogP contribution in [0.15, 0.2) is 5.38 Å². The smallest absolute Gasteiger partial charge is 0.0924 e. The molecule has 0 spiro atoms. The van der Waals surface area contributed by atoms with E-state index in [0.717, 1.165) is 12.1 Å². The van der Waals surface area contributed by atoms with Crippen molar-refractivity contribution in [3.05, 3.63) is 11.1 Å². The second kappa shape index (κ2) is 4.41. The van der Waals surface area contributed by atoms with Crippen LogP contribution >= 0.6 is 11.5 Å². The minimum absolute atomic E-state index is 0.388. The molecule has 3 nitrogen and oxygen atoms in total. The summed E-state index contributed by atoms with van der Waals surface area (Å²) in [4.78, 5) is 0. The van der Waals surface area contributed by atoms with Crippen molar-refractivity contribution in [1.82, 2.24) is 14.9 Å². The second-order valence-electron chi connectivity index (χ2n) is 2.46. The van der Waals surface area contributed by atoms with E-state index < -0.39 is 0 Å². The van der Waals surface area contributed by atoms with Crippen molar-refractivity contribution in [3.8, 4) is 0 Å². The van der Waals surface area contributed by atoms with Crippen LogP contribution in [0, 0.1) is 0 Å². The van der Waals surface area contributed by atoms with Gasteiger partial charge in [-0.2, -0.15) is 0 Å². The number of hydrogen-bond donors (Lipinski definition) is 1. The van der Waals surface area contributed by atoms with Crippen LogP contribution in [0.4, 0.5) is 0 Å². The molecule has 0 aliphatic carbocycles. The van der Waals surface area contributed by atoms with Crippen LogP contribution in [0.2, 0.25) is 0 Å². The van der Waals surface area contributed by atoms with Crippen molar-refractivity contribution in [2.24, 2.45) is 0 Å². The number of nitrogens with zero attached hydrogens (tertiary/aromatic N) is 2. The molecule has 0 fully saturated rings. The van der Waals surface area contributed by atoms with Crippen molar-refractivity contribution in [3.63, 3.8) is 0 Å². The van der Waals surface area contributed by atoms with Crippen molar-refractivity contribution >= 4 is 11.5 Å². The first-order chi connectivity index (χ1) is 5.38. The van der Waals surface area contributed by atoms with Crippen LogP contribution in [0.5, 0.6) is 0 Å². The zero-order chi connectivity index (χ0) is 8.10. The summed E-state index contributed by atoms with van der Waals surface area (Å²) in [5.41, 5.74) is 1.07. The molecule has 1 heterocycles. The molecule has 1 rings (SSSR count). The standard InChI is InChI=1S/C7H13N3S/c1-3-4-6(8-2)7-5-11-10-9-7/h5-6,8H,3-4H2,1-2H3. The Kier molecular flexibility index (Phi) is 3.45. The Labute approximate surface area is 71.0 Å². The van der Waals surface area contributed by atoms with Crippen LogP contribution in [0.3, 0.4) is 0 Å². The van der Waals surface area contributed by atoms with Gasteiger partial charge in [0.15, 0.2) is 0 Å². The fraction of sp³-hybridized carbons (Fsp3) is 0.714. The lowest BCUT2D eigenvalue weighted by Gasteiger charge is -2.10. The predicted molar refractivity (Wildman–Crippen MR) is 46.6 cm³/mol. The maximum Gasteiger partial charge on any atom is 0.0924 e. The van der Waals surface area contributed by atoms with E-state index in [9.17, 15) is 0 Å². The SMILES string of the molecule is CCCC(NC)c1csnn1. The lowest BCUT2D eigenvalue weighted by atomic mass is 10.1. The summed E-state index contributed by atoms with van der Waals surface area (Å²) in [6.45, 7) is 2.17. The molecule has 4 heteroatoms. The lowest BCUT2D eigenvalue weighted by molar-refractivity contribution is 0.527. The molecule has 0 aliphatic rings. The van der Waals surface area contributed by atoms with E-state index in [4.69, 9.17) is 0 Å². The molecular weight excluding hydrogens is 158 g/mol. The Morgan fingerprint density at radius 3 is 3.00 bits per heavy atom. The summed E-state index contributed by atoms with van der Waals surface area (Å²) in [5.74, 6) is 0. The maximum atomic E-state index is 4.01. The number of hydrogen-bond acceptors (Lipinski definition) is 4. The van der Waals surface area contributed by atoms with Crippen LogP contribution in [-0.4, -0.2) is 16.6 Å². The largest absolute Gasteiger partial charge is 0.312 e. The third-order valence-corrected chi connectivity index (χ3v) is 2.18. The normalized spacial score (nSPS) is 13.3. The van der Waals surface area contributed by atoms with E-state index >= 15 is 0 Å². The highest BCUT2D eigenvalue weighted by atomic mass is 32.1. The van der Waals surface area contributed by atoms with Crippen molar-refractivity contribution in [1.29, 1.82) is 0 Å². The van der Waals surface area contributed by atoms with Gasteiger partial charge < -0.3 is 5.32 Å². The van der Waals surface area contributed by atoms with Crippen LogP contribution < -0.4 is 5.32 Å². The van der Waals surface area contributed by atoms with Gasteiger partial charge in [0.25, 0.3) is 0 Å². The Hall–Kier alpha value is -0.480. The van der Waals surface area contributed by atoms with E-state index in [0.29, 0.717) is 6.04 Å². The van der Waals surface area contributed by atoms with Gasteiger partial charge in [-0.25, -0.2) is 0 Å².